The third kappa shape index (κ3) is 2.69. The molecule has 0 spiro atoms. The summed E-state index contributed by atoms with van der Waals surface area (Å²) in [7, 11) is -4.73. The average Bonchev–Trinajstić information content (AvgIpc) is 2.32. The van der Waals surface area contributed by atoms with Gasteiger partial charge in [-0.15, -0.1) is 0 Å². The topological polar surface area (TPSA) is 43.4 Å². The van der Waals surface area contributed by atoms with Crippen molar-refractivity contribution < 1.29 is 39.5 Å². The van der Waals surface area contributed by atoms with Gasteiger partial charge in [-0.25, -0.2) is 21.6 Å². The minimum absolute atomic E-state index is 1.01. The molecule has 0 atom stereocenters. The van der Waals surface area contributed by atoms with E-state index >= 15 is 0 Å². The molecular weight excluding hydrogens is 314 g/mol. The molecule has 0 bridgehead atoms. The summed E-state index contributed by atoms with van der Waals surface area (Å²) >= 11 is 0. The number of hydrogen-bond acceptors (Lipinski definition) is 3. The first-order chi connectivity index (χ1) is 9.01. The molecule has 0 amide bonds. The number of hydrogen-bond donors (Lipinski definition) is 0. The zero-order valence-electron chi connectivity index (χ0n) is 10.1. The van der Waals surface area contributed by atoms with Gasteiger partial charge in [0.1, 0.15) is 0 Å². The fraction of sp³-hybridized carbons (Fsp3) is 0.400. The summed E-state index contributed by atoms with van der Waals surface area (Å²) in [6, 6.07) is 0. The molecular formula is C10H8F6O3S. The van der Waals surface area contributed by atoms with Gasteiger partial charge in [0.2, 0.25) is 11.6 Å². The predicted octanol–water partition coefficient (Wildman–Crippen LogP) is 3.03. The Balaban J connectivity index is 3.81. The maximum atomic E-state index is 13.5. The maximum absolute atomic E-state index is 13.5. The van der Waals surface area contributed by atoms with Gasteiger partial charge in [-0.3, -0.25) is 0 Å². The van der Waals surface area contributed by atoms with E-state index in [1.165, 1.54) is 0 Å². The molecule has 0 aliphatic carbocycles. The highest BCUT2D eigenvalue weighted by molar-refractivity contribution is 7.92. The summed E-state index contributed by atoms with van der Waals surface area (Å²) < 4.78 is 104. The van der Waals surface area contributed by atoms with Crippen molar-refractivity contribution in [3.8, 4) is 5.75 Å². The van der Waals surface area contributed by atoms with Gasteiger partial charge in [0.25, 0.3) is 0 Å². The molecule has 0 saturated heterocycles. The van der Waals surface area contributed by atoms with Crippen molar-refractivity contribution in [1.82, 2.24) is 0 Å². The molecule has 20 heavy (non-hydrogen) atoms. The lowest BCUT2D eigenvalue weighted by Gasteiger charge is -2.15. The third-order valence-corrected chi connectivity index (χ3v) is 4.47. The van der Waals surface area contributed by atoms with Crippen molar-refractivity contribution in [2.75, 3.05) is 0 Å². The van der Waals surface area contributed by atoms with Crippen molar-refractivity contribution in [2.45, 2.75) is 30.6 Å². The van der Waals surface area contributed by atoms with Crippen LogP contribution in [0.3, 0.4) is 0 Å². The van der Waals surface area contributed by atoms with Gasteiger partial charge in [-0.1, -0.05) is 0 Å². The fourth-order valence-electron chi connectivity index (χ4n) is 1.28. The van der Waals surface area contributed by atoms with Crippen LogP contribution in [0.1, 0.15) is 13.8 Å². The third-order valence-electron chi connectivity index (χ3n) is 2.30. The second kappa shape index (κ2) is 5.51. The lowest BCUT2D eigenvalue weighted by molar-refractivity contribution is -0.0551. The molecule has 10 heteroatoms. The Bertz CT molecular complexity index is 627. The molecule has 114 valence electrons. The van der Waals surface area contributed by atoms with Crippen LogP contribution in [0.2, 0.25) is 0 Å². The fourth-order valence-corrected chi connectivity index (χ4v) is 2.48. The summed E-state index contributed by atoms with van der Waals surface area (Å²) in [4.78, 5) is -1.77. The van der Waals surface area contributed by atoms with Crippen molar-refractivity contribution in [3.63, 3.8) is 0 Å². The van der Waals surface area contributed by atoms with Crippen LogP contribution < -0.4 is 4.74 Å². The quantitative estimate of drug-likeness (QED) is 0.370. The smallest absolute Gasteiger partial charge is 0.387 e. The number of benzene rings is 1. The van der Waals surface area contributed by atoms with Gasteiger partial charge < -0.3 is 4.74 Å². The van der Waals surface area contributed by atoms with E-state index in [0.717, 1.165) is 13.8 Å². The van der Waals surface area contributed by atoms with Crippen LogP contribution in [0.4, 0.5) is 26.3 Å². The Hall–Kier alpha value is -1.45. The molecule has 3 nitrogen and oxygen atoms in total. The van der Waals surface area contributed by atoms with Crippen molar-refractivity contribution in [2.24, 2.45) is 0 Å². The Morgan fingerprint density at radius 2 is 1.35 bits per heavy atom. The van der Waals surface area contributed by atoms with Crippen LogP contribution in [0.25, 0.3) is 0 Å². The number of sulfone groups is 1. The molecule has 0 aliphatic rings. The highest BCUT2D eigenvalue weighted by Gasteiger charge is 2.36. The number of halogens is 6. The van der Waals surface area contributed by atoms with Crippen LogP contribution in [0, 0.1) is 23.3 Å². The molecule has 1 aromatic rings. The largest absolute Gasteiger partial charge is 0.430 e. The minimum Gasteiger partial charge on any atom is -0.430 e. The number of rotatable bonds is 4. The molecule has 0 N–H and O–H groups in total. The molecule has 0 fully saturated rings. The molecule has 0 aromatic heterocycles. The lowest BCUT2D eigenvalue weighted by Crippen LogP contribution is -2.20. The van der Waals surface area contributed by atoms with Crippen LogP contribution in [0.5, 0.6) is 5.75 Å². The Labute approximate surface area is 110 Å². The average molecular weight is 322 g/mol. The van der Waals surface area contributed by atoms with E-state index in [9.17, 15) is 34.8 Å². The lowest BCUT2D eigenvalue weighted by atomic mass is 10.3. The van der Waals surface area contributed by atoms with Crippen molar-refractivity contribution >= 4 is 9.84 Å². The van der Waals surface area contributed by atoms with Gasteiger partial charge >= 0.3 is 6.61 Å². The number of ether oxygens (including phenoxy) is 1. The van der Waals surface area contributed by atoms with E-state index in [1.807, 2.05) is 0 Å². The molecule has 0 saturated carbocycles. The second-order valence-corrected chi connectivity index (χ2v) is 6.33. The van der Waals surface area contributed by atoms with Gasteiger partial charge in [-0.2, -0.15) is 13.2 Å². The van der Waals surface area contributed by atoms with Crippen molar-refractivity contribution in [1.29, 1.82) is 0 Å². The summed E-state index contributed by atoms with van der Waals surface area (Å²) in [6.07, 6.45) is 0. The molecule has 1 aromatic carbocycles. The van der Waals surface area contributed by atoms with Gasteiger partial charge in [0.15, 0.2) is 32.1 Å². The molecule has 0 aliphatic heterocycles. The molecule has 0 heterocycles. The first-order valence-electron chi connectivity index (χ1n) is 5.06. The highest BCUT2D eigenvalue weighted by Crippen LogP contribution is 2.36. The van der Waals surface area contributed by atoms with Gasteiger partial charge in [0.05, 0.1) is 5.25 Å². The van der Waals surface area contributed by atoms with E-state index in [4.69, 9.17) is 0 Å². The standard InChI is InChI=1S/C10H8F6O3S/c1-3(2)20(17,18)9-7(14)5(12)4(11)6(13)8(9)19-10(15)16/h3,10H,1-2H3. The first-order valence-corrected chi connectivity index (χ1v) is 6.61. The minimum atomic E-state index is -4.73. The van der Waals surface area contributed by atoms with E-state index in [2.05, 4.69) is 4.74 Å². The zero-order chi connectivity index (χ0) is 15.8. The van der Waals surface area contributed by atoms with Gasteiger partial charge in [0, 0.05) is 0 Å². The Morgan fingerprint density at radius 3 is 1.75 bits per heavy atom. The molecule has 1 rings (SSSR count). The van der Waals surface area contributed by atoms with E-state index in [1.54, 1.807) is 0 Å². The second-order valence-electron chi connectivity index (χ2n) is 3.89. The first kappa shape index (κ1) is 16.6. The van der Waals surface area contributed by atoms with Crippen LogP contribution in [-0.4, -0.2) is 20.3 Å². The maximum Gasteiger partial charge on any atom is 0.387 e. The van der Waals surface area contributed by atoms with E-state index in [-0.39, 0.29) is 0 Å². The molecule has 0 radical (unpaired) electrons. The number of alkyl halides is 2. The van der Waals surface area contributed by atoms with Gasteiger partial charge in [-0.05, 0) is 13.8 Å². The highest BCUT2D eigenvalue weighted by atomic mass is 32.2. The summed E-state index contributed by atoms with van der Waals surface area (Å²) in [5.41, 5.74) is 0. The van der Waals surface area contributed by atoms with E-state index < -0.39 is 55.6 Å². The predicted molar refractivity (Wildman–Crippen MR) is 55.2 cm³/mol. The van der Waals surface area contributed by atoms with Crippen LogP contribution in [0.15, 0.2) is 4.90 Å². The van der Waals surface area contributed by atoms with Crippen LogP contribution in [-0.2, 0) is 9.84 Å². The zero-order valence-corrected chi connectivity index (χ0v) is 10.9. The monoisotopic (exact) mass is 322 g/mol. The summed E-state index contributed by atoms with van der Waals surface area (Å²) in [5, 5.41) is -1.40. The van der Waals surface area contributed by atoms with Crippen molar-refractivity contribution in [3.05, 3.63) is 23.3 Å². The molecule has 0 unspecified atom stereocenters. The Kier molecular flexibility index (Phi) is 4.57. The Morgan fingerprint density at radius 1 is 0.900 bits per heavy atom. The normalized spacial score (nSPS) is 12.3. The summed E-state index contributed by atoms with van der Waals surface area (Å²) in [6.45, 7) is -1.73. The van der Waals surface area contributed by atoms with Crippen LogP contribution >= 0.6 is 0 Å². The SMILES string of the molecule is CC(C)S(=O)(=O)c1c(F)c(F)c(F)c(F)c1OC(F)F. The summed E-state index contributed by atoms with van der Waals surface area (Å²) in [5.74, 6) is -11.4. The van der Waals surface area contributed by atoms with E-state index in [0.29, 0.717) is 0 Å².